The maximum absolute atomic E-state index is 9.77. The molecule has 0 bridgehead atoms. The van der Waals surface area contributed by atoms with E-state index in [1.165, 1.54) is 0 Å². The quantitative estimate of drug-likeness (QED) is 0.720. The van der Waals surface area contributed by atoms with Crippen LogP contribution in [0, 0.1) is 11.3 Å². The predicted octanol–water partition coefficient (Wildman–Crippen LogP) is 3.77. The zero-order valence-corrected chi connectivity index (χ0v) is 16.5. The molecule has 3 N–H and O–H groups in total. The minimum absolute atomic E-state index is 0.0822. The number of nitrogens with two attached hydrogens (primary N) is 1. The van der Waals surface area contributed by atoms with E-state index in [1.807, 2.05) is 25.1 Å². The van der Waals surface area contributed by atoms with Crippen molar-refractivity contribution in [1.82, 2.24) is 10.2 Å². The van der Waals surface area contributed by atoms with Crippen LogP contribution in [0.4, 0.5) is 0 Å². The number of aromatic nitrogens is 2. The van der Waals surface area contributed by atoms with Crippen molar-refractivity contribution in [2.24, 2.45) is 5.73 Å². The Kier molecular flexibility index (Phi) is 6.09. The molecule has 7 heteroatoms. The molecule has 0 radical (unpaired) electrons. The standard InChI is InChI=1S/C21H26N4O3/c1-4-7-15-19-18(14(12-22)20(23)28-21(19)25-24-15)13-8-9-16(27-10-5-2)17(11-13)26-6-3/h8-9,11,18H,4-7,10,23H2,1-3H3,(H,24,25)/t18-/m1/s1. The second kappa shape index (κ2) is 8.70. The molecule has 1 aliphatic rings. The lowest BCUT2D eigenvalue weighted by atomic mass is 9.83. The first-order valence-electron chi connectivity index (χ1n) is 9.68. The first-order valence-corrected chi connectivity index (χ1v) is 9.68. The smallest absolute Gasteiger partial charge is 0.244 e. The van der Waals surface area contributed by atoms with Crippen LogP contribution in [-0.2, 0) is 6.42 Å². The molecular formula is C21H26N4O3. The number of hydrogen-bond donors (Lipinski definition) is 2. The van der Waals surface area contributed by atoms with Gasteiger partial charge in [-0.05, 0) is 37.5 Å². The van der Waals surface area contributed by atoms with Crippen LogP contribution in [0.25, 0.3) is 0 Å². The highest BCUT2D eigenvalue weighted by Gasteiger charge is 2.35. The van der Waals surface area contributed by atoms with Crippen molar-refractivity contribution in [3.63, 3.8) is 0 Å². The van der Waals surface area contributed by atoms with Crippen molar-refractivity contribution in [2.45, 2.75) is 46.0 Å². The van der Waals surface area contributed by atoms with Gasteiger partial charge in [0.05, 0.1) is 19.1 Å². The summed E-state index contributed by atoms with van der Waals surface area (Å²) < 4.78 is 17.2. The normalized spacial score (nSPS) is 15.6. The third-order valence-electron chi connectivity index (χ3n) is 4.58. The Morgan fingerprint density at radius 3 is 2.71 bits per heavy atom. The van der Waals surface area contributed by atoms with E-state index in [4.69, 9.17) is 19.9 Å². The Morgan fingerprint density at radius 2 is 2.04 bits per heavy atom. The SMILES string of the molecule is CCCOc1ccc([C@@H]2C(C#N)=C(N)Oc3n[nH]c(CCC)c32)cc1OCC. The molecule has 0 saturated heterocycles. The maximum Gasteiger partial charge on any atom is 0.244 e. The monoisotopic (exact) mass is 382 g/mol. The predicted molar refractivity (Wildman–Crippen MR) is 105 cm³/mol. The van der Waals surface area contributed by atoms with E-state index in [0.29, 0.717) is 36.2 Å². The van der Waals surface area contributed by atoms with Crippen molar-refractivity contribution in [2.75, 3.05) is 13.2 Å². The van der Waals surface area contributed by atoms with Gasteiger partial charge in [-0.25, -0.2) is 0 Å². The Morgan fingerprint density at radius 1 is 1.21 bits per heavy atom. The molecule has 0 unspecified atom stereocenters. The number of nitrogens with one attached hydrogen (secondary N) is 1. The number of aromatic amines is 1. The fourth-order valence-electron chi connectivity index (χ4n) is 3.39. The Labute approximate surface area is 165 Å². The Hall–Kier alpha value is -3.14. The molecule has 28 heavy (non-hydrogen) atoms. The van der Waals surface area contributed by atoms with E-state index in [-0.39, 0.29) is 11.8 Å². The number of fused-ring (bicyclic) bond motifs is 1. The summed E-state index contributed by atoms with van der Waals surface area (Å²) in [5, 5.41) is 17.1. The molecule has 2 aromatic rings. The number of allylic oxidation sites excluding steroid dienone is 1. The summed E-state index contributed by atoms with van der Waals surface area (Å²) in [5.41, 5.74) is 9.10. The number of H-pyrrole nitrogens is 1. The maximum atomic E-state index is 9.77. The second-order valence-electron chi connectivity index (χ2n) is 6.58. The van der Waals surface area contributed by atoms with Crippen LogP contribution in [0.5, 0.6) is 17.4 Å². The molecule has 1 aliphatic heterocycles. The van der Waals surface area contributed by atoms with E-state index in [0.717, 1.165) is 36.1 Å². The van der Waals surface area contributed by atoms with Gasteiger partial charge in [-0.15, -0.1) is 5.10 Å². The van der Waals surface area contributed by atoms with Gasteiger partial charge in [0.15, 0.2) is 11.5 Å². The minimum Gasteiger partial charge on any atom is -0.490 e. The average molecular weight is 382 g/mol. The van der Waals surface area contributed by atoms with Crippen molar-refractivity contribution < 1.29 is 14.2 Å². The van der Waals surface area contributed by atoms with Crippen LogP contribution in [0.1, 0.15) is 56.4 Å². The summed E-state index contributed by atoms with van der Waals surface area (Å²) in [6, 6.07) is 7.97. The molecule has 0 fully saturated rings. The highest BCUT2D eigenvalue weighted by atomic mass is 16.5. The van der Waals surface area contributed by atoms with Gasteiger partial charge in [-0.1, -0.05) is 26.3 Å². The van der Waals surface area contributed by atoms with Crippen LogP contribution in [-0.4, -0.2) is 23.4 Å². The van der Waals surface area contributed by atoms with Crippen LogP contribution in [0.3, 0.4) is 0 Å². The summed E-state index contributed by atoms with van der Waals surface area (Å²) in [6.45, 7) is 7.20. The van der Waals surface area contributed by atoms with Gasteiger partial charge in [0.2, 0.25) is 11.8 Å². The minimum atomic E-state index is -0.367. The van der Waals surface area contributed by atoms with Crippen molar-refractivity contribution in [1.29, 1.82) is 5.26 Å². The lowest BCUT2D eigenvalue weighted by Crippen LogP contribution is -2.21. The number of nitrogens with zero attached hydrogens (tertiary/aromatic N) is 2. The molecule has 7 nitrogen and oxygen atoms in total. The number of ether oxygens (including phenoxy) is 3. The zero-order valence-electron chi connectivity index (χ0n) is 16.5. The molecule has 1 atom stereocenters. The van der Waals surface area contributed by atoms with Crippen molar-refractivity contribution >= 4 is 0 Å². The van der Waals surface area contributed by atoms with E-state index in [2.05, 4.69) is 30.1 Å². The highest BCUT2D eigenvalue weighted by Crippen LogP contribution is 2.44. The van der Waals surface area contributed by atoms with E-state index in [9.17, 15) is 5.26 Å². The van der Waals surface area contributed by atoms with E-state index >= 15 is 0 Å². The number of hydrogen-bond acceptors (Lipinski definition) is 6. The van der Waals surface area contributed by atoms with Crippen LogP contribution < -0.4 is 19.9 Å². The average Bonchev–Trinajstić information content (AvgIpc) is 3.08. The summed E-state index contributed by atoms with van der Waals surface area (Å²) in [5.74, 6) is 1.48. The molecule has 0 spiro atoms. The first-order chi connectivity index (χ1) is 13.6. The molecule has 0 aliphatic carbocycles. The summed E-state index contributed by atoms with van der Waals surface area (Å²) >= 11 is 0. The number of benzene rings is 1. The lowest BCUT2D eigenvalue weighted by Gasteiger charge is -2.25. The topological polar surface area (TPSA) is 106 Å². The van der Waals surface area contributed by atoms with Crippen LogP contribution in [0.2, 0.25) is 0 Å². The highest BCUT2D eigenvalue weighted by molar-refractivity contribution is 5.57. The molecule has 3 rings (SSSR count). The van der Waals surface area contributed by atoms with E-state index < -0.39 is 0 Å². The van der Waals surface area contributed by atoms with Gasteiger partial charge in [0, 0.05) is 11.3 Å². The third-order valence-corrected chi connectivity index (χ3v) is 4.58. The first kappa shape index (κ1) is 19.6. The summed E-state index contributed by atoms with van der Waals surface area (Å²) in [4.78, 5) is 0. The number of rotatable bonds is 8. The lowest BCUT2D eigenvalue weighted by molar-refractivity contribution is 0.276. The van der Waals surface area contributed by atoms with Gasteiger partial charge in [0.25, 0.3) is 0 Å². The summed E-state index contributed by atoms with van der Waals surface area (Å²) in [7, 11) is 0. The molecule has 1 aromatic heterocycles. The number of aryl methyl sites for hydroxylation is 1. The molecule has 2 heterocycles. The fraction of sp³-hybridized carbons (Fsp3) is 0.429. The Balaban J connectivity index is 2.12. The van der Waals surface area contributed by atoms with Crippen LogP contribution >= 0.6 is 0 Å². The summed E-state index contributed by atoms with van der Waals surface area (Å²) in [6.07, 6.45) is 2.65. The van der Waals surface area contributed by atoms with Gasteiger partial charge in [0.1, 0.15) is 11.6 Å². The van der Waals surface area contributed by atoms with Crippen molar-refractivity contribution in [3.8, 4) is 23.4 Å². The van der Waals surface area contributed by atoms with E-state index in [1.54, 1.807) is 0 Å². The zero-order chi connectivity index (χ0) is 20.1. The van der Waals surface area contributed by atoms with Crippen LogP contribution in [0.15, 0.2) is 29.7 Å². The van der Waals surface area contributed by atoms with Gasteiger partial charge in [-0.2, -0.15) is 5.26 Å². The van der Waals surface area contributed by atoms with Gasteiger partial charge >= 0.3 is 0 Å². The van der Waals surface area contributed by atoms with Crippen molar-refractivity contribution in [3.05, 3.63) is 46.5 Å². The molecule has 148 valence electrons. The molecular weight excluding hydrogens is 356 g/mol. The molecule has 0 amide bonds. The molecule has 0 saturated carbocycles. The second-order valence-corrected chi connectivity index (χ2v) is 6.58. The number of nitriles is 1. The third kappa shape index (κ3) is 3.63. The molecule has 1 aromatic carbocycles. The Bertz CT molecular complexity index is 911. The van der Waals surface area contributed by atoms with Gasteiger partial charge < -0.3 is 19.9 Å². The van der Waals surface area contributed by atoms with Gasteiger partial charge in [-0.3, -0.25) is 5.10 Å². The largest absolute Gasteiger partial charge is 0.490 e. The fourth-order valence-corrected chi connectivity index (χ4v) is 3.39.